The minimum atomic E-state index is -0.551. The van der Waals surface area contributed by atoms with Crippen LogP contribution < -0.4 is 4.74 Å². The second kappa shape index (κ2) is 6.00. The summed E-state index contributed by atoms with van der Waals surface area (Å²) < 4.78 is 22.4. The Morgan fingerprint density at radius 3 is 2.56 bits per heavy atom. The molecule has 98 valence electrons. The summed E-state index contributed by atoms with van der Waals surface area (Å²) in [5.41, 5.74) is 0.236. The van der Waals surface area contributed by atoms with Gasteiger partial charge in [0.2, 0.25) is 0 Å². The molecule has 5 nitrogen and oxygen atoms in total. The number of amides is 1. The van der Waals surface area contributed by atoms with Crippen LogP contribution in [-0.4, -0.2) is 44.6 Å². The third-order valence-electron chi connectivity index (χ3n) is 2.34. The van der Waals surface area contributed by atoms with Gasteiger partial charge in [-0.1, -0.05) is 0 Å². The van der Waals surface area contributed by atoms with Crippen LogP contribution in [0.4, 0.5) is 4.39 Å². The van der Waals surface area contributed by atoms with Gasteiger partial charge >= 0.3 is 5.97 Å². The Hall–Kier alpha value is -2.11. The lowest BCUT2D eigenvalue weighted by Crippen LogP contribution is -2.32. The normalized spacial score (nSPS) is 9.78. The van der Waals surface area contributed by atoms with Crippen LogP contribution in [0, 0.1) is 5.82 Å². The van der Waals surface area contributed by atoms with Crippen molar-refractivity contribution in [1.29, 1.82) is 0 Å². The number of carbonyl (C=O) groups excluding carboxylic acids is 2. The molecule has 0 atom stereocenters. The molecule has 0 saturated heterocycles. The van der Waals surface area contributed by atoms with Gasteiger partial charge in [-0.05, 0) is 18.2 Å². The first-order valence-electron chi connectivity index (χ1n) is 5.15. The molecule has 6 heteroatoms. The van der Waals surface area contributed by atoms with Crippen molar-refractivity contribution < 1.29 is 23.5 Å². The number of hydrogen-bond acceptors (Lipinski definition) is 4. The lowest BCUT2D eigenvalue weighted by molar-refractivity contribution is -0.141. The number of benzene rings is 1. The first-order valence-corrected chi connectivity index (χ1v) is 5.15. The highest BCUT2D eigenvalue weighted by molar-refractivity contribution is 5.96. The van der Waals surface area contributed by atoms with E-state index in [9.17, 15) is 14.0 Å². The van der Waals surface area contributed by atoms with Crippen LogP contribution in [0.1, 0.15) is 10.4 Å². The van der Waals surface area contributed by atoms with Gasteiger partial charge in [-0.25, -0.2) is 4.39 Å². The molecule has 0 unspecified atom stereocenters. The molecule has 0 saturated carbocycles. The number of rotatable bonds is 4. The number of halogens is 1. The van der Waals surface area contributed by atoms with Crippen molar-refractivity contribution in [2.24, 2.45) is 0 Å². The van der Waals surface area contributed by atoms with E-state index in [2.05, 4.69) is 4.74 Å². The zero-order chi connectivity index (χ0) is 13.7. The lowest BCUT2D eigenvalue weighted by Gasteiger charge is -2.16. The Labute approximate surface area is 104 Å². The van der Waals surface area contributed by atoms with Crippen molar-refractivity contribution in [3.8, 4) is 5.75 Å². The van der Waals surface area contributed by atoms with Crippen molar-refractivity contribution in [1.82, 2.24) is 4.90 Å². The molecule has 0 fully saturated rings. The van der Waals surface area contributed by atoms with E-state index in [0.29, 0.717) is 0 Å². The van der Waals surface area contributed by atoms with Gasteiger partial charge in [-0.3, -0.25) is 9.59 Å². The zero-order valence-corrected chi connectivity index (χ0v) is 10.4. The molecule has 0 aliphatic carbocycles. The molecule has 18 heavy (non-hydrogen) atoms. The molecule has 0 aliphatic heterocycles. The maximum absolute atomic E-state index is 13.2. The van der Waals surface area contributed by atoms with Gasteiger partial charge in [0.1, 0.15) is 6.54 Å². The molecule has 0 spiro atoms. The van der Waals surface area contributed by atoms with E-state index < -0.39 is 17.7 Å². The van der Waals surface area contributed by atoms with Gasteiger partial charge in [0, 0.05) is 12.6 Å². The fraction of sp³-hybridized carbons (Fsp3) is 0.333. The van der Waals surface area contributed by atoms with Gasteiger partial charge in [-0.2, -0.15) is 0 Å². The van der Waals surface area contributed by atoms with Gasteiger partial charge < -0.3 is 14.4 Å². The van der Waals surface area contributed by atoms with E-state index in [1.807, 2.05) is 0 Å². The van der Waals surface area contributed by atoms with Crippen molar-refractivity contribution in [3.63, 3.8) is 0 Å². The molecule has 1 aromatic carbocycles. The van der Waals surface area contributed by atoms with Crippen LogP contribution in [0.15, 0.2) is 18.2 Å². The van der Waals surface area contributed by atoms with Crippen LogP contribution in [0.2, 0.25) is 0 Å². The number of likely N-dealkylation sites (N-methyl/N-ethyl adjacent to an activating group) is 1. The molecular formula is C12H14FNO4. The highest BCUT2D eigenvalue weighted by Crippen LogP contribution is 2.19. The third-order valence-corrected chi connectivity index (χ3v) is 2.34. The monoisotopic (exact) mass is 255 g/mol. The maximum atomic E-state index is 13.2. The van der Waals surface area contributed by atoms with E-state index in [4.69, 9.17) is 4.74 Å². The van der Waals surface area contributed by atoms with Crippen LogP contribution >= 0.6 is 0 Å². The average molecular weight is 255 g/mol. The number of hydrogen-bond donors (Lipinski definition) is 0. The average Bonchev–Trinajstić information content (AvgIpc) is 2.38. The fourth-order valence-electron chi connectivity index (χ4n) is 1.34. The first-order chi connectivity index (χ1) is 8.49. The molecule has 0 aromatic heterocycles. The predicted molar refractivity (Wildman–Crippen MR) is 61.9 cm³/mol. The van der Waals surface area contributed by atoms with Crippen molar-refractivity contribution in [2.75, 3.05) is 27.8 Å². The SMILES string of the molecule is COC(=O)CN(C)C(=O)c1ccc(F)c(OC)c1. The van der Waals surface area contributed by atoms with Crippen molar-refractivity contribution in [2.45, 2.75) is 0 Å². The van der Waals surface area contributed by atoms with E-state index in [1.165, 1.54) is 38.3 Å². The summed E-state index contributed by atoms with van der Waals surface area (Å²) in [7, 11) is 4.00. The van der Waals surface area contributed by atoms with Gasteiger partial charge in [0.05, 0.1) is 14.2 Å². The van der Waals surface area contributed by atoms with E-state index in [1.54, 1.807) is 0 Å². The maximum Gasteiger partial charge on any atom is 0.325 e. The molecule has 0 aliphatic rings. The smallest absolute Gasteiger partial charge is 0.325 e. The molecule has 1 amide bonds. The molecule has 1 aromatic rings. The Morgan fingerprint density at radius 2 is 2.00 bits per heavy atom. The highest BCUT2D eigenvalue weighted by atomic mass is 19.1. The fourth-order valence-corrected chi connectivity index (χ4v) is 1.34. The van der Waals surface area contributed by atoms with Crippen LogP contribution in [0.3, 0.4) is 0 Å². The number of ether oxygens (including phenoxy) is 2. The van der Waals surface area contributed by atoms with E-state index in [-0.39, 0.29) is 17.9 Å². The standard InChI is InChI=1S/C12H14FNO4/c1-14(7-11(15)18-3)12(16)8-4-5-9(13)10(6-8)17-2/h4-6H,7H2,1-3H3. The van der Waals surface area contributed by atoms with Crippen molar-refractivity contribution in [3.05, 3.63) is 29.6 Å². The first kappa shape index (κ1) is 14.0. The second-order valence-corrected chi connectivity index (χ2v) is 3.59. The van der Waals surface area contributed by atoms with Crippen molar-refractivity contribution >= 4 is 11.9 Å². The number of carbonyl (C=O) groups is 2. The summed E-state index contributed by atoms with van der Waals surface area (Å²) >= 11 is 0. The van der Waals surface area contributed by atoms with Gasteiger partial charge in [0.15, 0.2) is 11.6 Å². The van der Waals surface area contributed by atoms with E-state index in [0.717, 1.165) is 6.07 Å². The van der Waals surface area contributed by atoms with Crippen LogP contribution in [0.25, 0.3) is 0 Å². The number of nitrogens with zero attached hydrogens (tertiary/aromatic N) is 1. The summed E-state index contributed by atoms with van der Waals surface area (Å²) in [4.78, 5) is 24.1. The topological polar surface area (TPSA) is 55.8 Å². The predicted octanol–water partition coefficient (Wildman–Crippen LogP) is 1.08. The van der Waals surface area contributed by atoms with Gasteiger partial charge in [-0.15, -0.1) is 0 Å². The largest absolute Gasteiger partial charge is 0.494 e. The van der Waals surface area contributed by atoms with Crippen LogP contribution in [-0.2, 0) is 9.53 Å². The quantitative estimate of drug-likeness (QED) is 0.755. The third kappa shape index (κ3) is 3.19. The Balaban J connectivity index is 2.86. The summed E-state index contributed by atoms with van der Waals surface area (Å²) in [6.45, 7) is -0.172. The number of esters is 1. The van der Waals surface area contributed by atoms with Gasteiger partial charge in [0.25, 0.3) is 5.91 Å². The molecule has 0 radical (unpaired) electrons. The highest BCUT2D eigenvalue weighted by Gasteiger charge is 2.16. The van der Waals surface area contributed by atoms with Crippen LogP contribution in [0.5, 0.6) is 5.75 Å². The summed E-state index contributed by atoms with van der Waals surface area (Å²) in [6, 6.07) is 3.75. The summed E-state index contributed by atoms with van der Waals surface area (Å²) in [5, 5.41) is 0. The summed E-state index contributed by atoms with van der Waals surface area (Å²) in [6.07, 6.45) is 0. The number of methoxy groups -OCH3 is 2. The second-order valence-electron chi connectivity index (χ2n) is 3.59. The Morgan fingerprint density at radius 1 is 1.33 bits per heavy atom. The summed E-state index contributed by atoms with van der Waals surface area (Å²) in [5.74, 6) is -1.52. The Bertz CT molecular complexity index is 461. The Kier molecular flexibility index (Phi) is 4.65. The van der Waals surface area contributed by atoms with E-state index >= 15 is 0 Å². The molecule has 0 heterocycles. The molecule has 0 N–H and O–H groups in total. The molecule has 1 rings (SSSR count). The molecule has 0 bridgehead atoms. The minimum absolute atomic E-state index is 0.0210. The zero-order valence-electron chi connectivity index (χ0n) is 10.4. The minimum Gasteiger partial charge on any atom is -0.494 e. The molecular weight excluding hydrogens is 241 g/mol. The lowest BCUT2D eigenvalue weighted by atomic mass is 10.2.